The quantitative estimate of drug-likeness (QED) is 0.947. The molecule has 4 nitrogen and oxygen atoms in total. The van der Waals surface area contributed by atoms with Gasteiger partial charge in [-0.2, -0.15) is 8.42 Å². The second kappa shape index (κ2) is 5.07. The molecule has 1 aliphatic heterocycles. The monoisotopic (exact) mass is 302 g/mol. The average molecular weight is 302 g/mol. The van der Waals surface area contributed by atoms with Gasteiger partial charge in [-0.15, -0.1) is 0 Å². The van der Waals surface area contributed by atoms with Crippen molar-refractivity contribution in [3.63, 3.8) is 0 Å². The lowest BCUT2D eigenvalue weighted by atomic mass is 10.1. The van der Waals surface area contributed by atoms with E-state index in [1.807, 2.05) is 50.2 Å². The molecule has 2 aromatic carbocycles. The molecule has 0 fully saturated rings. The van der Waals surface area contributed by atoms with Crippen LogP contribution in [0.3, 0.4) is 0 Å². The first-order chi connectivity index (χ1) is 9.97. The molecule has 0 saturated heterocycles. The fraction of sp³-hybridized carbons (Fsp3) is 0.250. The van der Waals surface area contributed by atoms with Crippen LogP contribution in [0.15, 0.2) is 42.5 Å². The number of rotatable bonds is 3. The van der Waals surface area contributed by atoms with Crippen molar-refractivity contribution in [2.45, 2.75) is 20.3 Å². The van der Waals surface area contributed by atoms with Crippen LogP contribution in [-0.4, -0.2) is 15.0 Å². The molecule has 0 saturated carbocycles. The minimum atomic E-state index is -3.57. The first kappa shape index (κ1) is 13.9. The summed E-state index contributed by atoms with van der Waals surface area (Å²) in [6, 6.07) is 13.2. The van der Waals surface area contributed by atoms with Gasteiger partial charge in [0.15, 0.2) is 0 Å². The van der Waals surface area contributed by atoms with E-state index in [-0.39, 0.29) is 0 Å². The molecule has 1 heterocycles. The van der Waals surface area contributed by atoms with Gasteiger partial charge in [0.1, 0.15) is 0 Å². The van der Waals surface area contributed by atoms with Crippen molar-refractivity contribution >= 4 is 21.6 Å². The maximum absolute atomic E-state index is 12.6. The molecule has 5 heteroatoms. The van der Waals surface area contributed by atoms with E-state index in [1.54, 1.807) is 6.07 Å². The van der Waals surface area contributed by atoms with Crippen LogP contribution in [0.4, 0.5) is 11.4 Å². The van der Waals surface area contributed by atoms with E-state index in [4.69, 9.17) is 0 Å². The van der Waals surface area contributed by atoms with Crippen molar-refractivity contribution in [1.29, 1.82) is 0 Å². The number of hydrogen-bond donors (Lipinski definition) is 1. The smallest absolute Gasteiger partial charge is 0.267 e. The zero-order valence-electron chi connectivity index (χ0n) is 12.1. The Morgan fingerprint density at radius 3 is 2.57 bits per heavy atom. The largest absolute Gasteiger partial charge is 0.323 e. The number of hydrogen-bond acceptors (Lipinski definition) is 2. The summed E-state index contributed by atoms with van der Waals surface area (Å²) in [5.41, 5.74) is 4.65. The van der Waals surface area contributed by atoms with E-state index in [9.17, 15) is 8.42 Å². The number of nitrogens with zero attached hydrogens (tertiary/aromatic N) is 1. The summed E-state index contributed by atoms with van der Waals surface area (Å²) in [7, 11) is -3.57. The summed E-state index contributed by atoms with van der Waals surface area (Å²) in [5, 5.41) is 0. The van der Waals surface area contributed by atoms with Crippen LogP contribution in [0.25, 0.3) is 0 Å². The molecule has 1 aliphatic rings. The van der Waals surface area contributed by atoms with Crippen LogP contribution < -0.4 is 9.03 Å². The van der Waals surface area contributed by atoms with Crippen LogP contribution in [0.5, 0.6) is 0 Å². The topological polar surface area (TPSA) is 49.4 Å². The molecular weight excluding hydrogens is 284 g/mol. The van der Waals surface area contributed by atoms with Gasteiger partial charge in [-0.05, 0) is 55.2 Å². The predicted octanol–water partition coefficient (Wildman–Crippen LogP) is 3.02. The lowest BCUT2D eigenvalue weighted by Crippen LogP contribution is -2.34. The molecule has 110 valence electrons. The highest BCUT2D eigenvalue weighted by atomic mass is 32.2. The molecule has 0 atom stereocenters. The molecule has 0 unspecified atom stereocenters. The van der Waals surface area contributed by atoms with Gasteiger partial charge in [-0.25, -0.2) is 0 Å². The normalized spacial score (nSPS) is 14.1. The Hall–Kier alpha value is -2.01. The Morgan fingerprint density at radius 2 is 1.81 bits per heavy atom. The molecule has 2 aromatic rings. The van der Waals surface area contributed by atoms with E-state index in [2.05, 4.69) is 4.72 Å². The molecular formula is C16H18N2O2S. The lowest BCUT2D eigenvalue weighted by Gasteiger charge is -2.20. The minimum absolute atomic E-state index is 0.486. The predicted molar refractivity (Wildman–Crippen MR) is 86.0 cm³/mol. The van der Waals surface area contributed by atoms with Crippen molar-refractivity contribution < 1.29 is 8.42 Å². The summed E-state index contributed by atoms with van der Waals surface area (Å²) in [6.07, 6.45) is 0.754. The Kier molecular flexibility index (Phi) is 3.37. The number of aryl methyl sites for hydroxylation is 2. The van der Waals surface area contributed by atoms with Crippen LogP contribution in [0, 0.1) is 13.8 Å². The van der Waals surface area contributed by atoms with Crippen molar-refractivity contribution in [1.82, 2.24) is 0 Å². The van der Waals surface area contributed by atoms with Crippen LogP contribution in [0.1, 0.15) is 16.7 Å². The summed E-state index contributed by atoms with van der Waals surface area (Å²) >= 11 is 0. The standard InChI is InChI=1S/C16H18N2O2S/c1-12-7-8-15(11-13(12)2)17-21(19,20)18-10-9-14-5-3-4-6-16(14)18/h3-8,11,17H,9-10H2,1-2H3. The van der Waals surface area contributed by atoms with E-state index < -0.39 is 10.2 Å². The average Bonchev–Trinajstić information content (AvgIpc) is 2.87. The number of nitrogens with one attached hydrogen (secondary N) is 1. The number of para-hydroxylation sites is 1. The molecule has 3 rings (SSSR count). The molecule has 0 spiro atoms. The maximum Gasteiger partial charge on any atom is 0.323 e. The fourth-order valence-corrected chi connectivity index (χ4v) is 3.87. The second-order valence-electron chi connectivity index (χ2n) is 5.36. The van der Waals surface area contributed by atoms with E-state index in [1.165, 1.54) is 4.31 Å². The molecule has 1 N–H and O–H groups in total. The molecule has 0 radical (unpaired) electrons. The molecule has 0 bridgehead atoms. The Labute approximate surface area is 125 Å². The van der Waals surface area contributed by atoms with Gasteiger partial charge < -0.3 is 0 Å². The van der Waals surface area contributed by atoms with Crippen molar-refractivity contribution in [2.24, 2.45) is 0 Å². The highest BCUT2D eigenvalue weighted by Gasteiger charge is 2.28. The van der Waals surface area contributed by atoms with Crippen LogP contribution in [-0.2, 0) is 16.6 Å². The van der Waals surface area contributed by atoms with E-state index in [0.717, 1.165) is 28.8 Å². The summed E-state index contributed by atoms with van der Waals surface area (Å²) in [6.45, 7) is 4.46. The maximum atomic E-state index is 12.6. The number of fused-ring (bicyclic) bond motifs is 1. The summed E-state index contributed by atoms with van der Waals surface area (Å²) < 4.78 is 29.3. The zero-order chi connectivity index (χ0) is 15.0. The lowest BCUT2D eigenvalue weighted by molar-refractivity contribution is 0.597. The van der Waals surface area contributed by atoms with Crippen molar-refractivity contribution in [3.05, 3.63) is 59.2 Å². The highest BCUT2D eigenvalue weighted by Crippen LogP contribution is 2.30. The molecule has 0 aromatic heterocycles. The van der Waals surface area contributed by atoms with Crippen molar-refractivity contribution in [3.8, 4) is 0 Å². The fourth-order valence-electron chi connectivity index (χ4n) is 2.57. The zero-order valence-corrected chi connectivity index (χ0v) is 12.9. The van der Waals surface area contributed by atoms with Gasteiger partial charge in [-0.1, -0.05) is 24.3 Å². The Balaban J connectivity index is 1.90. The van der Waals surface area contributed by atoms with E-state index >= 15 is 0 Å². The minimum Gasteiger partial charge on any atom is -0.267 e. The van der Waals surface area contributed by atoms with Gasteiger partial charge in [-0.3, -0.25) is 9.03 Å². The SMILES string of the molecule is Cc1ccc(NS(=O)(=O)N2CCc3ccccc32)cc1C. The molecule has 0 amide bonds. The third-order valence-electron chi connectivity index (χ3n) is 3.89. The summed E-state index contributed by atoms with van der Waals surface area (Å²) in [5.74, 6) is 0. The van der Waals surface area contributed by atoms with Gasteiger partial charge in [0.25, 0.3) is 0 Å². The van der Waals surface area contributed by atoms with Gasteiger partial charge in [0.05, 0.1) is 11.4 Å². The van der Waals surface area contributed by atoms with Crippen LogP contribution in [0.2, 0.25) is 0 Å². The Morgan fingerprint density at radius 1 is 1.05 bits per heavy atom. The number of anilines is 2. The van der Waals surface area contributed by atoms with Gasteiger partial charge in [0, 0.05) is 6.54 Å². The second-order valence-corrected chi connectivity index (χ2v) is 6.95. The van der Waals surface area contributed by atoms with Gasteiger partial charge >= 0.3 is 10.2 Å². The first-order valence-corrected chi connectivity index (χ1v) is 8.37. The Bertz CT molecular complexity index is 785. The van der Waals surface area contributed by atoms with E-state index in [0.29, 0.717) is 12.2 Å². The molecule has 0 aliphatic carbocycles. The number of benzene rings is 2. The van der Waals surface area contributed by atoms with Crippen LogP contribution >= 0.6 is 0 Å². The van der Waals surface area contributed by atoms with Gasteiger partial charge in [0.2, 0.25) is 0 Å². The molecule has 21 heavy (non-hydrogen) atoms. The third-order valence-corrected chi connectivity index (χ3v) is 5.34. The highest BCUT2D eigenvalue weighted by molar-refractivity contribution is 7.94. The first-order valence-electron chi connectivity index (χ1n) is 6.93. The summed E-state index contributed by atoms with van der Waals surface area (Å²) in [4.78, 5) is 0. The third kappa shape index (κ3) is 2.61. The van der Waals surface area contributed by atoms with Crippen molar-refractivity contribution in [2.75, 3.05) is 15.6 Å².